The molecule has 4 aliphatic rings. The summed E-state index contributed by atoms with van der Waals surface area (Å²) in [6.07, 6.45) is 1.56. The molecule has 7 rings (SSSR count). The Bertz CT molecular complexity index is 1420. The quantitative estimate of drug-likeness (QED) is 0.303. The smallest absolute Gasteiger partial charge is 0.487 e. The van der Waals surface area contributed by atoms with Crippen LogP contribution in [0.25, 0.3) is 10.8 Å². The van der Waals surface area contributed by atoms with Crippen LogP contribution in [0.2, 0.25) is 0 Å². The van der Waals surface area contributed by atoms with E-state index in [4.69, 9.17) is 9.47 Å². The van der Waals surface area contributed by atoms with Gasteiger partial charge in [0, 0.05) is 10.8 Å². The molecule has 0 heterocycles. The van der Waals surface area contributed by atoms with Gasteiger partial charge in [-0.05, 0) is 85.4 Å². The van der Waals surface area contributed by atoms with E-state index in [9.17, 15) is 22.8 Å². The summed E-state index contributed by atoms with van der Waals surface area (Å²) in [5, 5.41) is 4.63. The van der Waals surface area contributed by atoms with E-state index in [1.54, 1.807) is 6.07 Å². The van der Waals surface area contributed by atoms with E-state index in [0.717, 1.165) is 24.6 Å². The normalized spacial score (nSPS) is 25.5. The van der Waals surface area contributed by atoms with Crippen molar-refractivity contribution in [2.45, 2.75) is 57.5 Å². The predicted octanol–water partition coefficient (Wildman–Crippen LogP) is 6.81. The summed E-state index contributed by atoms with van der Waals surface area (Å²) in [4.78, 5) is 27.1. The maximum absolute atomic E-state index is 13.9. The third kappa shape index (κ3) is 5.59. The molecule has 0 unspecified atom stereocenters. The zero-order valence-electron chi connectivity index (χ0n) is 22.7. The van der Waals surface area contributed by atoms with Gasteiger partial charge in [-0.2, -0.15) is 0 Å². The lowest BCUT2D eigenvalue weighted by Gasteiger charge is -2.58. The maximum atomic E-state index is 13.9. The fraction of sp³-hybridized carbons (Fsp3) is 0.438. The van der Waals surface area contributed by atoms with E-state index in [2.05, 4.69) is 10.1 Å². The molecule has 4 fully saturated rings. The van der Waals surface area contributed by atoms with Gasteiger partial charge in [0.25, 0.3) is 5.91 Å². The molecule has 0 aromatic heterocycles. The molecule has 1 atom stereocenters. The van der Waals surface area contributed by atoms with Gasteiger partial charge in [0.1, 0.15) is 24.1 Å². The lowest BCUT2D eigenvalue weighted by atomic mass is 9.47. The number of alkyl halides is 3. The standard InChI is InChI=1S/C32H32F3NO5/c1-39-30(38)28(31-15-20-12-21(16-31)14-22(13-20)17-31)36-29(37)26-11-8-23-4-2-3-5-25(23)27(26)40-18-19-6-9-24(10-7-19)41-32(33,34)35/h2-11,20-22,28H,12-18H2,1H3,(H,36,37)/t20?,21?,22?,28-,31?/m1/s1. The molecule has 0 saturated heterocycles. The number of benzene rings is 3. The number of hydrogen-bond donors (Lipinski definition) is 1. The number of amides is 1. The molecule has 1 amide bonds. The van der Waals surface area contributed by atoms with Crippen LogP contribution < -0.4 is 14.8 Å². The Morgan fingerprint density at radius 1 is 0.927 bits per heavy atom. The summed E-state index contributed by atoms with van der Waals surface area (Å²) < 4.78 is 53.0. The molecule has 1 N–H and O–H groups in total. The van der Waals surface area contributed by atoms with Gasteiger partial charge >= 0.3 is 12.3 Å². The Hall–Kier alpha value is -3.75. The first-order valence-electron chi connectivity index (χ1n) is 14.0. The minimum atomic E-state index is -4.78. The second-order valence-corrected chi connectivity index (χ2v) is 11.9. The SMILES string of the molecule is COC(=O)[C@@H](NC(=O)c1ccc2ccccc2c1OCc1ccc(OC(F)(F)F)cc1)C12CC3CC(CC(C3)C1)C2. The van der Waals surface area contributed by atoms with E-state index in [1.165, 1.54) is 50.6 Å². The maximum Gasteiger partial charge on any atom is 0.573 e. The van der Waals surface area contributed by atoms with E-state index in [-0.39, 0.29) is 23.3 Å². The van der Waals surface area contributed by atoms with Crippen LogP contribution in [0.3, 0.4) is 0 Å². The second-order valence-electron chi connectivity index (χ2n) is 11.9. The molecule has 3 aromatic rings. The van der Waals surface area contributed by atoms with Gasteiger partial charge in [0.15, 0.2) is 0 Å². The predicted molar refractivity (Wildman–Crippen MR) is 145 cm³/mol. The highest BCUT2D eigenvalue weighted by Crippen LogP contribution is 2.61. The molecular weight excluding hydrogens is 535 g/mol. The van der Waals surface area contributed by atoms with Gasteiger partial charge in [0.05, 0.1) is 12.7 Å². The van der Waals surface area contributed by atoms with Crippen LogP contribution in [0.5, 0.6) is 11.5 Å². The number of esters is 1. The highest BCUT2D eigenvalue weighted by atomic mass is 19.4. The van der Waals surface area contributed by atoms with Gasteiger partial charge in [-0.3, -0.25) is 4.79 Å². The molecule has 4 aliphatic carbocycles. The van der Waals surface area contributed by atoms with Crippen molar-refractivity contribution in [1.82, 2.24) is 5.32 Å². The number of nitrogens with one attached hydrogen (secondary N) is 1. The molecule has 6 nitrogen and oxygen atoms in total. The average molecular weight is 568 g/mol. The minimum absolute atomic E-state index is 0.00991. The molecule has 9 heteroatoms. The first kappa shape index (κ1) is 27.4. The van der Waals surface area contributed by atoms with Gasteiger partial charge < -0.3 is 19.5 Å². The van der Waals surface area contributed by atoms with Crippen LogP contribution in [0, 0.1) is 23.2 Å². The lowest BCUT2D eigenvalue weighted by molar-refractivity contribution is -0.274. The molecule has 3 aromatic carbocycles. The molecule has 0 radical (unpaired) electrons. The molecule has 0 aliphatic heterocycles. The van der Waals surface area contributed by atoms with Crippen LogP contribution >= 0.6 is 0 Å². The number of fused-ring (bicyclic) bond motifs is 1. The van der Waals surface area contributed by atoms with Gasteiger partial charge in [-0.1, -0.05) is 42.5 Å². The zero-order valence-corrected chi connectivity index (χ0v) is 22.7. The molecule has 4 bridgehead atoms. The Kier molecular flexibility index (Phi) is 7.08. The van der Waals surface area contributed by atoms with Gasteiger partial charge in [-0.15, -0.1) is 13.2 Å². The van der Waals surface area contributed by atoms with Crippen molar-refractivity contribution in [1.29, 1.82) is 0 Å². The molecule has 4 saturated carbocycles. The third-order valence-corrected chi connectivity index (χ3v) is 9.07. The van der Waals surface area contributed by atoms with Crippen molar-refractivity contribution in [3.63, 3.8) is 0 Å². The van der Waals surface area contributed by atoms with E-state index in [0.29, 0.717) is 34.5 Å². The van der Waals surface area contributed by atoms with Crippen molar-refractivity contribution in [2.75, 3.05) is 7.11 Å². The third-order valence-electron chi connectivity index (χ3n) is 9.07. The zero-order chi connectivity index (χ0) is 28.8. The number of rotatable bonds is 8. The van der Waals surface area contributed by atoms with Gasteiger partial charge in [0.2, 0.25) is 0 Å². The number of carbonyl (C=O) groups excluding carboxylic acids is 2. The van der Waals surface area contributed by atoms with E-state index in [1.807, 2.05) is 30.3 Å². The first-order valence-corrected chi connectivity index (χ1v) is 14.0. The topological polar surface area (TPSA) is 73.9 Å². The van der Waals surface area contributed by atoms with Crippen LogP contribution in [0.4, 0.5) is 13.2 Å². The van der Waals surface area contributed by atoms with Crippen molar-refractivity contribution < 1.29 is 37.0 Å². The Morgan fingerprint density at radius 3 is 2.17 bits per heavy atom. The molecule has 0 spiro atoms. The van der Waals surface area contributed by atoms with Gasteiger partial charge in [-0.25, -0.2) is 4.79 Å². The summed E-state index contributed by atoms with van der Waals surface area (Å²) >= 11 is 0. The van der Waals surface area contributed by atoms with Crippen LogP contribution in [-0.2, 0) is 16.1 Å². The first-order chi connectivity index (χ1) is 19.6. The van der Waals surface area contributed by atoms with Crippen molar-refractivity contribution >= 4 is 22.6 Å². The van der Waals surface area contributed by atoms with Crippen molar-refractivity contribution in [3.05, 3.63) is 71.8 Å². The number of carbonyl (C=O) groups is 2. The Labute approximate surface area is 236 Å². The fourth-order valence-electron chi connectivity index (χ4n) is 7.84. The lowest BCUT2D eigenvalue weighted by Crippen LogP contribution is -2.60. The van der Waals surface area contributed by atoms with E-state index >= 15 is 0 Å². The Morgan fingerprint density at radius 2 is 1.56 bits per heavy atom. The second kappa shape index (κ2) is 10.6. The summed E-state index contributed by atoms with van der Waals surface area (Å²) in [6, 6.07) is 15.6. The van der Waals surface area contributed by atoms with Crippen LogP contribution in [-0.4, -0.2) is 31.4 Å². The fourth-order valence-corrected chi connectivity index (χ4v) is 7.84. The monoisotopic (exact) mass is 567 g/mol. The van der Waals surface area contributed by atoms with Crippen LogP contribution in [0.1, 0.15) is 54.4 Å². The number of methoxy groups -OCH3 is 1. The Balaban J connectivity index is 1.27. The average Bonchev–Trinajstić information content (AvgIpc) is 2.93. The molecular formula is C32H32F3NO5. The van der Waals surface area contributed by atoms with Crippen LogP contribution in [0.15, 0.2) is 60.7 Å². The summed E-state index contributed by atoms with van der Waals surface area (Å²) in [5.74, 6) is 0.902. The summed E-state index contributed by atoms with van der Waals surface area (Å²) in [5.41, 5.74) is 0.564. The number of ether oxygens (including phenoxy) is 3. The highest BCUT2D eigenvalue weighted by Gasteiger charge is 2.56. The van der Waals surface area contributed by atoms with E-state index < -0.39 is 24.3 Å². The minimum Gasteiger partial charge on any atom is -0.487 e. The number of halogens is 3. The summed E-state index contributed by atoms with van der Waals surface area (Å²) in [7, 11) is 1.36. The molecule has 41 heavy (non-hydrogen) atoms. The summed E-state index contributed by atoms with van der Waals surface area (Å²) in [6.45, 7) is 0.00991. The van der Waals surface area contributed by atoms with Crippen molar-refractivity contribution in [2.24, 2.45) is 23.2 Å². The van der Waals surface area contributed by atoms with Crippen molar-refractivity contribution in [3.8, 4) is 11.5 Å². The molecule has 216 valence electrons. The highest BCUT2D eigenvalue weighted by molar-refractivity contribution is 6.05. The number of hydrogen-bond acceptors (Lipinski definition) is 5. The largest absolute Gasteiger partial charge is 0.573 e.